The van der Waals surface area contributed by atoms with Gasteiger partial charge in [0.1, 0.15) is 5.75 Å². The first kappa shape index (κ1) is 19.8. The third kappa shape index (κ3) is 3.69. The zero-order valence-corrected chi connectivity index (χ0v) is 17.1. The van der Waals surface area contributed by atoms with E-state index in [4.69, 9.17) is 10.00 Å². The van der Waals surface area contributed by atoms with Crippen molar-refractivity contribution in [3.63, 3.8) is 0 Å². The van der Waals surface area contributed by atoms with Gasteiger partial charge in [-0.3, -0.25) is 9.36 Å². The number of hydrogen-bond donors (Lipinski definition) is 2. The van der Waals surface area contributed by atoms with Crippen molar-refractivity contribution in [3.05, 3.63) is 58.0 Å². The third-order valence-electron chi connectivity index (χ3n) is 5.95. The molecule has 1 aliphatic carbocycles. The van der Waals surface area contributed by atoms with Crippen LogP contribution in [0.2, 0.25) is 0 Å². The van der Waals surface area contributed by atoms with Crippen LogP contribution in [0.3, 0.4) is 0 Å². The molecule has 7 nitrogen and oxygen atoms in total. The van der Waals surface area contributed by atoms with Gasteiger partial charge in [0.2, 0.25) is 5.91 Å². The largest absolute Gasteiger partial charge is 0.496 e. The van der Waals surface area contributed by atoms with E-state index in [1.54, 1.807) is 23.8 Å². The zero-order chi connectivity index (χ0) is 21.3. The van der Waals surface area contributed by atoms with Crippen LogP contribution in [0.4, 0.5) is 5.69 Å². The molecule has 0 spiro atoms. The van der Waals surface area contributed by atoms with Crippen LogP contribution in [0.1, 0.15) is 42.9 Å². The van der Waals surface area contributed by atoms with Crippen molar-refractivity contribution in [2.45, 2.75) is 38.6 Å². The lowest BCUT2D eigenvalue weighted by Crippen LogP contribution is -2.31. The third-order valence-corrected chi connectivity index (χ3v) is 5.95. The topological polar surface area (TPSA) is 99.9 Å². The van der Waals surface area contributed by atoms with Crippen molar-refractivity contribution >= 4 is 22.6 Å². The van der Waals surface area contributed by atoms with Gasteiger partial charge in [0.15, 0.2) is 0 Å². The second kappa shape index (κ2) is 8.07. The van der Waals surface area contributed by atoms with Gasteiger partial charge in [-0.2, -0.15) is 5.26 Å². The SMILES string of the molecule is COc1cc(NC(=O)[C@H]2CC[C@@H](n3c(=O)[nH]c4cc(C#N)ccc43)CC2)ccc1C. The molecule has 0 unspecified atom stereocenters. The highest BCUT2D eigenvalue weighted by Gasteiger charge is 2.29. The van der Waals surface area contributed by atoms with Crippen molar-refractivity contribution in [1.29, 1.82) is 5.26 Å². The molecule has 1 amide bonds. The molecule has 1 saturated carbocycles. The van der Waals surface area contributed by atoms with Gasteiger partial charge in [-0.15, -0.1) is 0 Å². The minimum atomic E-state index is -0.167. The van der Waals surface area contributed by atoms with Crippen LogP contribution in [0, 0.1) is 24.2 Å². The first-order valence-electron chi connectivity index (χ1n) is 10.1. The van der Waals surface area contributed by atoms with E-state index >= 15 is 0 Å². The summed E-state index contributed by atoms with van der Waals surface area (Å²) in [6.07, 6.45) is 2.94. The van der Waals surface area contributed by atoms with Crippen molar-refractivity contribution in [2.24, 2.45) is 5.92 Å². The number of fused-ring (bicyclic) bond motifs is 1. The number of methoxy groups -OCH3 is 1. The lowest BCUT2D eigenvalue weighted by molar-refractivity contribution is -0.121. The minimum absolute atomic E-state index is 0.00397. The Morgan fingerprint density at radius 3 is 2.67 bits per heavy atom. The molecule has 154 valence electrons. The van der Waals surface area contributed by atoms with E-state index in [1.165, 1.54) is 0 Å². The van der Waals surface area contributed by atoms with Crippen LogP contribution in [0.15, 0.2) is 41.2 Å². The molecule has 30 heavy (non-hydrogen) atoms. The highest BCUT2D eigenvalue weighted by molar-refractivity contribution is 5.92. The number of amides is 1. The molecule has 4 rings (SSSR count). The molecule has 1 aliphatic rings. The van der Waals surface area contributed by atoms with Crippen LogP contribution < -0.4 is 15.7 Å². The summed E-state index contributed by atoms with van der Waals surface area (Å²) in [5.74, 6) is 0.665. The average molecular weight is 404 g/mol. The summed E-state index contributed by atoms with van der Waals surface area (Å²) >= 11 is 0. The Bertz CT molecular complexity index is 1190. The lowest BCUT2D eigenvalue weighted by Gasteiger charge is -2.28. The summed E-state index contributed by atoms with van der Waals surface area (Å²) in [6.45, 7) is 1.96. The van der Waals surface area contributed by atoms with Crippen LogP contribution in [-0.2, 0) is 4.79 Å². The molecule has 3 aromatic rings. The standard InChI is InChI=1S/C23H24N4O3/c1-14-3-7-17(12-21(14)30-2)25-22(28)16-5-8-18(9-6-16)27-20-10-4-15(13-24)11-19(20)26-23(27)29/h3-4,7,10-12,16,18H,5-6,8-9H2,1-2H3,(H,25,28)(H,26,29)/t16-,18+. The van der Waals surface area contributed by atoms with E-state index in [0.717, 1.165) is 48.2 Å². The van der Waals surface area contributed by atoms with E-state index in [1.807, 2.05) is 31.2 Å². The molecule has 0 atom stereocenters. The minimum Gasteiger partial charge on any atom is -0.496 e. The number of nitrogens with zero attached hydrogens (tertiary/aromatic N) is 2. The van der Waals surface area contributed by atoms with Crippen molar-refractivity contribution in [1.82, 2.24) is 9.55 Å². The van der Waals surface area contributed by atoms with Gasteiger partial charge >= 0.3 is 5.69 Å². The molecule has 2 N–H and O–H groups in total. The van der Waals surface area contributed by atoms with Crippen LogP contribution in [0.5, 0.6) is 5.75 Å². The molecule has 2 aromatic carbocycles. The van der Waals surface area contributed by atoms with E-state index in [9.17, 15) is 9.59 Å². The van der Waals surface area contributed by atoms with Crippen molar-refractivity contribution < 1.29 is 9.53 Å². The summed E-state index contributed by atoms with van der Waals surface area (Å²) in [6, 6.07) is 13.0. The number of aryl methyl sites for hydroxylation is 1. The van der Waals surface area contributed by atoms with Gasteiger partial charge in [-0.05, 0) is 62.4 Å². The van der Waals surface area contributed by atoms with E-state index < -0.39 is 0 Å². The fourth-order valence-corrected chi connectivity index (χ4v) is 4.30. The smallest absolute Gasteiger partial charge is 0.326 e. The number of ether oxygens (including phenoxy) is 1. The Morgan fingerprint density at radius 1 is 1.20 bits per heavy atom. The Balaban J connectivity index is 1.45. The van der Waals surface area contributed by atoms with Crippen LogP contribution >= 0.6 is 0 Å². The van der Waals surface area contributed by atoms with Crippen molar-refractivity contribution in [3.8, 4) is 11.8 Å². The van der Waals surface area contributed by atoms with Gasteiger partial charge in [0.05, 0.1) is 29.8 Å². The molecular formula is C23H24N4O3. The number of aromatic amines is 1. The molecule has 1 fully saturated rings. The lowest BCUT2D eigenvalue weighted by atomic mass is 9.85. The van der Waals surface area contributed by atoms with Gasteiger partial charge in [-0.25, -0.2) is 4.79 Å². The Morgan fingerprint density at radius 2 is 1.97 bits per heavy atom. The van der Waals surface area contributed by atoms with E-state index in [0.29, 0.717) is 11.1 Å². The number of benzene rings is 2. The van der Waals surface area contributed by atoms with Crippen LogP contribution in [-0.4, -0.2) is 22.6 Å². The van der Waals surface area contributed by atoms with E-state index in [-0.39, 0.29) is 23.6 Å². The number of nitrogens with one attached hydrogen (secondary N) is 2. The van der Waals surface area contributed by atoms with Crippen molar-refractivity contribution in [2.75, 3.05) is 12.4 Å². The highest BCUT2D eigenvalue weighted by Crippen LogP contribution is 2.34. The second-order valence-corrected chi connectivity index (χ2v) is 7.82. The highest BCUT2D eigenvalue weighted by atomic mass is 16.5. The second-order valence-electron chi connectivity index (χ2n) is 7.82. The monoisotopic (exact) mass is 404 g/mol. The number of H-pyrrole nitrogens is 1. The molecule has 7 heteroatoms. The van der Waals surface area contributed by atoms with Gasteiger partial charge < -0.3 is 15.0 Å². The average Bonchev–Trinajstić information content (AvgIpc) is 3.09. The molecule has 0 radical (unpaired) electrons. The number of anilines is 1. The maximum absolute atomic E-state index is 12.7. The first-order chi connectivity index (χ1) is 14.5. The number of rotatable bonds is 4. The molecule has 1 heterocycles. The molecule has 0 aliphatic heterocycles. The molecule has 0 saturated heterocycles. The first-order valence-corrected chi connectivity index (χ1v) is 10.1. The number of aromatic nitrogens is 2. The molecule has 1 aromatic heterocycles. The summed E-state index contributed by atoms with van der Waals surface area (Å²) in [5.41, 5.74) is 3.57. The Kier molecular flexibility index (Phi) is 5.32. The summed E-state index contributed by atoms with van der Waals surface area (Å²) < 4.78 is 7.10. The number of nitriles is 1. The predicted molar refractivity (Wildman–Crippen MR) is 115 cm³/mol. The maximum Gasteiger partial charge on any atom is 0.326 e. The van der Waals surface area contributed by atoms with Gasteiger partial charge in [0, 0.05) is 23.7 Å². The number of carbonyl (C=O) groups excluding carboxylic acids is 1. The molecular weight excluding hydrogens is 380 g/mol. The quantitative estimate of drug-likeness (QED) is 0.689. The van der Waals surface area contributed by atoms with Crippen LogP contribution in [0.25, 0.3) is 11.0 Å². The zero-order valence-electron chi connectivity index (χ0n) is 17.1. The predicted octanol–water partition coefficient (Wildman–Crippen LogP) is 3.89. The van der Waals surface area contributed by atoms with Gasteiger partial charge in [0.25, 0.3) is 0 Å². The number of carbonyl (C=O) groups is 1. The maximum atomic E-state index is 12.7. The Labute approximate surface area is 174 Å². The van der Waals surface area contributed by atoms with Gasteiger partial charge in [-0.1, -0.05) is 6.07 Å². The molecule has 0 bridgehead atoms. The normalized spacial score (nSPS) is 18.7. The Hall–Kier alpha value is -3.53. The fraction of sp³-hybridized carbons (Fsp3) is 0.348. The fourth-order valence-electron chi connectivity index (χ4n) is 4.30. The number of hydrogen-bond acceptors (Lipinski definition) is 4. The van der Waals surface area contributed by atoms with E-state index in [2.05, 4.69) is 16.4 Å². The summed E-state index contributed by atoms with van der Waals surface area (Å²) in [7, 11) is 1.61. The summed E-state index contributed by atoms with van der Waals surface area (Å²) in [4.78, 5) is 28.1. The summed E-state index contributed by atoms with van der Waals surface area (Å²) in [5, 5.41) is 12.1. The number of imidazole rings is 1.